The fourth-order valence-electron chi connectivity index (χ4n) is 2.92. The Morgan fingerprint density at radius 1 is 1.11 bits per heavy atom. The van der Waals surface area contributed by atoms with Gasteiger partial charge in [0.15, 0.2) is 0 Å². The van der Waals surface area contributed by atoms with Crippen LogP contribution in [0.2, 0.25) is 0 Å². The summed E-state index contributed by atoms with van der Waals surface area (Å²) in [6, 6.07) is 9.62. The zero-order valence-corrected chi connectivity index (χ0v) is 16.5. The molecule has 1 aromatic carbocycles. The van der Waals surface area contributed by atoms with E-state index in [1.165, 1.54) is 20.5 Å². The summed E-state index contributed by atoms with van der Waals surface area (Å²) in [5, 5.41) is 4.61. The molecule has 0 saturated carbocycles. The quantitative estimate of drug-likeness (QED) is 0.709. The van der Waals surface area contributed by atoms with Crippen molar-refractivity contribution in [2.75, 3.05) is 0 Å². The van der Waals surface area contributed by atoms with Crippen LogP contribution in [0.4, 0.5) is 0 Å². The van der Waals surface area contributed by atoms with E-state index in [0.717, 1.165) is 11.1 Å². The normalized spacial score (nSPS) is 11.3. The highest BCUT2D eigenvalue weighted by molar-refractivity contribution is 7.17. The van der Waals surface area contributed by atoms with Gasteiger partial charge in [0.2, 0.25) is 5.91 Å². The van der Waals surface area contributed by atoms with Crippen molar-refractivity contribution in [2.45, 2.75) is 40.4 Å². The molecule has 0 aliphatic rings. The van der Waals surface area contributed by atoms with E-state index in [9.17, 15) is 14.4 Å². The van der Waals surface area contributed by atoms with Crippen molar-refractivity contribution in [2.24, 2.45) is 5.92 Å². The maximum absolute atomic E-state index is 12.8. The summed E-state index contributed by atoms with van der Waals surface area (Å²) < 4.78 is 3.12. The Labute approximate surface area is 161 Å². The Hall–Kier alpha value is -2.67. The van der Waals surface area contributed by atoms with Crippen molar-refractivity contribution >= 4 is 27.5 Å². The zero-order chi connectivity index (χ0) is 19.6. The summed E-state index contributed by atoms with van der Waals surface area (Å²) in [7, 11) is 0. The number of nitrogens with one attached hydrogen (secondary N) is 1. The molecule has 0 atom stereocenters. The van der Waals surface area contributed by atoms with Crippen LogP contribution in [0.1, 0.15) is 25.0 Å². The van der Waals surface area contributed by atoms with E-state index in [0.29, 0.717) is 23.3 Å². The first-order valence-corrected chi connectivity index (χ1v) is 9.78. The van der Waals surface area contributed by atoms with Gasteiger partial charge < -0.3 is 5.32 Å². The van der Waals surface area contributed by atoms with Crippen LogP contribution in [0.15, 0.2) is 45.3 Å². The molecule has 6 nitrogen and oxygen atoms in total. The summed E-state index contributed by atoms with van der Waals surface area (Å²) in [5.41, 5.74) is 1.94. The van der Waals surface area contributed by atoms with Crippen LogP contribution in [-0.4, -0.2) is 15.0 Å². The highest BCUT2D eigenvalue weighted by Crippen LogP contribution is 2.15. The number of thiophene rings is 1. The summed E-state index contributed by atoms with van der Waals surface area (Å²) in [4.78, 5) is 37.9. The SMILES string of the molecule is Cc1ccc(CNC(=O)Cn2c(=O)n(CC(C)C)c(=O)c3sccc32)cc1. The number of amides is 1. The van der Waals surface area contributed by atoms with Crippen LogP contribution in [-0.2, 0) is 24.4 Å². The topological polar surface area (TPSA) is 73.1 Å². The molecule has 27 heavy (non-hydrogen) atoms. The predicted molar refractivity (Wildman–Crippen MR) is 108 cm³/mol. The summed E-state index contributed by atoms with van der Waals surface area (Å²) >= 11 is 1.29. The van der Waals surface area contributed by atoms with Crippen LogP contribution in [0.5, 0.6) is 0 Å². The lowest BCUT2D eigenvalue weighted by Crippen LogP contribution is -2.42. The summed E-state index contributed by atoms with van der Waals surface area (Å²) in [6.07, 6.45) is 0. The minimum absolute atomic E-state index is 0.115. The molecule has 0 spiro atoms. The first kappa shape index (κ1) is 19.1. The van der Waals surface area contributed by atoms with Crippen LogP contribution in [0, 0.1) is 12.8 Å². The number of carbonyl (C=O) groups excluding carboxylic acids is 1. The standard InChI is InChI=1S/C20H23N3O3S/c1-13(2)11-23-19(25)18-16(8-9-27-18)22(20(23)26)12-17(24)21-10-15-6-4-14(3)5-7-15/h4-9,13H,10-12H2,1-3H3,(H,21,24). The molecule has 0 aliphatic carbocycles. The van der Waals surface area contributed by atoms with Gasteiger partial charge in [0, 0.05) is 13.1 Å². The van der Waals surface area contributed by atoms with Crippen molar-refractivity contribution in [3.63, 3.8) is 0 Å². The number of hydrogen-bond acceptors (Lipinski definition) is 4. The van der Waals surface area contributed by atoms with E-state index in [2.05, 4.69) is 5.32 Å². The Bertz CT molecular complexity index is 1070. The van der Waals surface area contributed by atoms with Crippen molar-refractivity contribution in [3.05, 3.63) is 67.7 Å². The smallest absolute Gasteiger partial charge is 0.332 e. The molecule has 142 valence electrons. The van der Waals surface area contributed by atoms with Gasteiger partial charge in [0.05, 0.1) is 5.52 Å². The second kappa shape index (κ2) is 7.92. The number of aromatic nitrogens is 2. The van der Waals surface area contributed by atoms with E-state index >= 15 is 0 Å². The Morgan fingerprint density at radius 2 is 1.81 bits per heavy atom. The van der Waals surface area contributed by atoms with E-state index in [-0.39, 0.29) is 23.9 Å². The molecular weight excluding hydrogens is 362 g/mol. The van der Waals surface area contributed by atoms with Crippen LogP contribution in [0.25, 0.3) is 10.2 Å². The number of hydrogen-bond donors (Lipinski definition) is 1. The molecule has 0 saturated heterocycles. The lowest BCUT2D eigenvalue weighted by atomic mass is 10.1. The number of benzene rings is 1. The average Bonchev–Trinajstić information content (AvgIpc) is 3.11. The van der Waals surface area contributed by atoms with Crippen LogP contribution >= 0.6 is 11.3 Å². The molecule has 1 amide bonds. The highest BCUT2D eigenvalue weighted by Gasteiger charge is 2.16. The predicted octanol–water partition coefficient (Wildman–Crippen LogP) is 2.51. The van der Waals surface area contributed by atoms with Crippen LogP contribution < -0.4 is 16.6 Å². The molecule has 0 bridgehead atoms. The van der Waals surface area contributed by atoms with Crippen molar-refractivity contribution < 1.29 is 4.79 Å². The van der Waals surface area contributed by atoms with Gasteiger partial charge in [-0.3, -0.25) is 18.7 Å². The number of rotatable bonds is 6. The molecule has 0 unspecified atom stereocenters. The molecule has 0 radical (unpaired) electrons. The maximum atomic E-state index is 12.8. The van der Waals surface area contributed by atoms with Gasteiger partial charge in [-0.05, 0) is 29.9 Å². The number of nitrogens with zero attached hydrogens (tertiary/aromatic N) is 2. The largest absolute Gasteiger partial charge is 0.350 e. The van der Waals surface area contributed by atoms with E-state index in [1.807, 2.05) is 45.0 Å². The van der Waals surface area contributed by atoms with Gasteiger partial charge in [0.1, 0.15) is 11.2 Å². The maximum Gasteiger partial charge on any atom is 0.332 e. The zero-order valence-electron chi connectivity index (χ0n) is 15.7. The Morgan fingerprint density at radius 3 is 2.48 bits per heavy atom. The average molecular weight is 385 g/mol. The number of aryl methyl sites for hydroxylation is 1. The molecule has 2 heterocycles. The van der Waals surface area contributed by atoms with E-state index < -0.39 is 5.69 Å². The molecule has 0 fully saturated rings. The third kappa shape index (κ3) is 4.19. The van der Waals surface area contributed by atoms with Crippen molar-refractivity contribution in [1.29, 1.82) is 0 Å². The van der Waals surface area contributed by atoms with Gasteiger partial charge in [-0.25, -0.2) is 4.79 Å². The molecule has 0 aliphatic heterocycles. The fraction of sp³-hybridized carbons (Fsp3) is 0.350. The molecule has 3 aromatic rings. The lowest BCUT2D eigenvalue weighted by molar-refractivity contribution is -0.121. The number of carbonyl (C=O) groups is 1. The minimum atomic E-state index is -0.440. The van der Waals surface area contributed by atoms with E-state index in [4.69, 9.17) is 0 Å². The molecule has 1 N–H and O–H groups in total. The Kier molecular flexibility index (Phi) is 5.60. The third-order valence-electron chi connectivity index (χ3n) is 4.30. The fourth-order valence-corrected chi connectivity index (χ4v) is 3.76. The van der Waals surface area contributed by atoms with Crippen molar-refractivity contribution in [1.82, 2.24) is 14.5 Å². The van der Waals surface area contributed by atoms with Gasteiger partial charge >= 0.3 is 5.69 Å². The van der Waals surface area contributed by atoms with Gasteiger partial charge in [0.25, 0.3) is 5.56 Å². The first-order valence-electron chi connectivity index (χ1n) is 8.90. The molecule has 7 heteroatoms. The number of fused-ring (bicyclic) bond motifs is 1. The third-order valence-corrected chi connectivity index (χ3v) is 5.19. The second-order valence-corrected chi connectivity index (χ2v) is 7.99. The van der Waals surface area contributed by atoms with Crippen LogP contribution in [0.3, 0.4) is 0 Å². The van der Waals surface area contributed by atoms with Crippen molar-refractivity contribution in [3.8, 4) is 0 Å². The van der Waals surface area contributed by atoms with Gasteiger partial charge in [-0.1, -0.05) is 43.7 Å². The first-order chi connectivity index (χ1) is 12.9. The monoisotopic (exact) mass is 385 g/mol. The van der Waals surface area contributed by atoms with Gasteiger partial charge in [-0.15, -0.1) is 11.3 Å². The molecule has 2 aromatic heterocycles. The van der Waals surface area contributed by atoms with E-state index in [1.54, 1.807) is 11.4 Å². The highest BCUT2D eigenvalue weighted by atomic mass is 32.1. The summed E-state index contributed by atoms with van der Waals surface area (Å²) in [5.74, 6) is -0.114. The Balaban J connectivity index is 1.86. The summed E-state index contributed by atoms with van der Waals surface area (Å²) in [6.45, 7) is 6.51. The van der Waals surface area contributed by atoms with Gasteiger partial charge in [-0.2, -0.15) is 0 Å². The second-order valence-electron chi connectivity index (χ2n) is 7.08. The molecular formula is C20H23N3O3S. The minimum Gasteiger partial charge on any atom is -0.350 e. The lowest BCUT2D eigenvalue weighted by Gasteiger charge is -2.13. The molecule has 3 rings (SSSR count).